The topological polar surface area (TPSA) is 46.9 Å². The first-order chi connectivity index (χ1) is 10.6. The fourth-order valence-electron chi connectivity index (χ4n) is 2.04. The van der Waals surface area contributed by atoms with Gasteiger partial charge in [0.15, 0.2) is 0 Å². The molecule has 1 amide bonds. The van der Waals surface area contributed by atoms with Gasteiger partial charge in [0.05, 0.1) is 23.3 Å². The van der Waals surface area contributed by atoms with E-state index in [2.05, 4.69) is 10.4 Å². The van der Waals surface area contributed by atoms with Gasteiger partial charge >= 0.3 is 0 Å². The Morgan fingerprint density at radius 1 is 1.27 bits per heavy atom. The Morgan fingerprint density at radius 2 is 2.05 bits per heavy atom. The van der Waals surface area contributed by atoms with Gasteiger partial charge in [-0.2, -0.15) is 5.10 Å². The van der Waals surface area contributed by atoms with E-state index in [-0.39, 0.29) is 11.7 Å². The second-order valence-electron chi connectivity index (χ2n) is 4.92. The van der Waals surface area contributed by atoms with E-state index < -0.39 is 0 Å². The zero-order chi connectivity index (χ0) is 15.5. The van der Waals surface area contributed by atoms with Gasteiger partial charge in [0, 0.05) is 11.1 Å². The van der Waals surface area contributed by atoms with Crippen LogP contribution in [0.4, 0.5) is 10.1 Å². The van der Waals surface area contributed by atoms with Crippen molar-refractivity contribution in [1.82, 2.24) is 9.78 Å². The van der Waals surface area contributed by atoms with Gasteiger partial charge in [0.2, 0.25) is 0 Å². The first kappa shape index (κ1) is 14.5. The van der Waals surface area contributed by atoms with Crippen LogP contribution >= 0.6 is 11.3 Å². The van der Waals surface area contributed by atoms with Crippen LogP contribution in [0.25, 0.3) is 0 Å². The van der Waals surface area contributed by atoms with Gasteiger partial charge in [-0.05, 0) is 36.8 Å². The Morgan fingerprint density at radius 3 is 2.73 bits per heavy atom. The van der Waals surface area contributed by atoms with Crippen LogP contribution in [0.3, 0.4) is 0 Å². The van der Waals surface area contributed by atoms with Gasteiger partial charge in [0.25, 0.3) is 5.91 Å². The summed E-state index contributed by atoms with van der Waals surface area (Å²) in [5, 5.41) is 7.01. The van der Waals surface area contributed by atoms with Crippen molar-refractivity contribution in [1.29, 1.82) is 0 Å². The van der Waals surface area contributed by atoms with Gasteiger partial charge in [-0.15, -0.1) is 11.3 Å². The van der Waals surface area contributed by atoms with E-state index in [0.717, 1.165) is 10.4 Å². The lowest BCUT2D eigenvalue weighted by molar-refractivity contribution is 0.103. The second kappa shape index (κ2) is 6.11. The number of carbonyl (C=O) groups is 1. The molecule has 0 radical (unpaired) electrons. The van der Waals surface area contributed by atoms with Gasteiger partial charge in [-0.1, -0.05) is 12.1 Å². The molecule has 0 unspecified atom stereocenters. The Bertz CT molecular complexity index is 792. The predicted octanol–water partition coefficient (Wildman–Crippen LogP) is 3.69. The third-order valence-corrected chi connectivity index (χ3v) is 4.11. The molecule has 0 atom stereocenters. The van der Waals surface area contributed by atoms with Crippen molar-refractivity contribution in [3.05, 3.63) is 69.9 Å². The highest BCUT2D eigenvalue weighted by molar-refractivity contribution is 7.14. The van der Waals surface area contributed by atoms with Gasteiger partial charge in [-0.25, -0.2) is 4.39 Å². The Labute approximate surface area is 131 Å². The number of nitrogens with zero attached hydrogens (tertiary/aromatic N) is 2. The van der Waals surface area contributed by atoms with Crippen molar-refractivity contribution in [2.24, 2.45) is 0 Å². The van der Waals surface area contributed by atoms with Crippen molar-refractivity contribution < 1.29 is 9.18 Å². The van der Waals surface area contributed by atoms with E-state index in [1.807, 2.05) is 13.0 Å². The third-order valence-electron chi connectivity index (χ3n) is 3.11. The van der Waals surface area contributed by atoms with Crippen molar-refractivity contribution in [3.63, 3.8) is 0 Å². The zero-order valence-electron chi connectivity index (χ0n) is 11.9. The number of hydrogen-bond donors (Lipinski definition) is 1. The zero-order valence-corrected chi connectivity index (χ0v) is 12.7. The molecule has 0 spiro atoms. The van der Waals surface area contributed by atoms with E-state index in [1.54, 1.807) is 35.3 Å². The van der Waals surface area contributed by atoms with E-state index >= 15 is 0 Å². The van der Waals surface area contributed by atoms with Crippen molar-refractivity contribution >= 4 is 22.9 Å². The maximum absolute atomic E-state index is 12.9. The van der Waals surface area contributed by atoms with Crippen LogP contribution in [0.2, 0.25) is 0 Å². The number of benzene rings is 1. The molecule has 112 valence electrons. The predicted molar refractivity (Wildman–Crippen MR) is 84.7 cm³/mol. The molecule has 0 bridgehead atoms. The molecule has 22 heavy (non-hydrogen) atoms. The van der Waals surface area contributed by atoms with Gasteiger partial charge < -0.3 is 5.32 Å². The summed E-state index contributed by atoms with van der Waals surface area (Å²) in [6.45, 7) is 2.48. The second-order valence-corrected chi connectivity index (χ2v) is 6.21. The Kier molecular flexibility index (Phi) is 4.02. The lowest BCUT2D eigenvalue weighted by atomic mass is 10.2. The summed E-state index contributed by atoms with van der Waals surface area (Å²) in [6, 6.07) is 9.98. The number of nitrogens with one attached hydrogen (secondary N) is 1. The highest BCUT2D eigenvalue weighted by Gasteiger charge is 2.09. The molecule has 0 aliphatic rings. The average Bonchev–Trinajstić information content (AvgIpc) is 3.11. The minimum absolute atomic E-state index is 0.139. The van der Waals surface area contributed by atoms with Crippen LogP contribution in [0, 0.1) is 12.7 Å². The summed E-state index contributed by atoms with van der Waals surface area (Å²) in [7, 11) is 0. The molecule has 6 heteroatoms. The van der Waals surface area contributed by atoms with Crippen LogP contribution < -0.4 is 5.32 Å². The molecule has 0 saturated heterocycles. The van der Waals surface area contributed by atoms with Crippen molar-refractivity contribution in [2.45, 2.75) is 13.5 Å². The molecule has 0 aliphatic heterocycles. The van der Waals surface area contributed by atoms with Crippen LogP contribution in [-0.4, -0.2) is 15.7 Å². The van der Waals surface area contributed by atoms with E-state index in [0.29, 0.717) is 17.1 Å². The van der Waals surface area contributed by atoms with Crippen molar-refractivity contribution in [2.75, 3.05) is 5.32 Å². The number of aromatic nitrogens is 2. The molecule has 0 fully saturated rings. The first-order valence-corrected chi connectivity index (χ1v) is 7.56. The SMILES string of the molecule is Cc1ccc(C(=O)Nc2cnn(Cc3ccc(F)cc3)c2)s1. The number of halogens is 1. The number of amides is 1. The highest BCUT2D eigenvalue weighted by atomic mass is 32.1. The monoisotopic (exact) mass is 315 g/mol. The van der Waals surface area contributed by atoms with E-state index in [9.17, 15) is 9.18 Å². The summed E-state index contributed by atoms with van der Waals surface area (Å²) in [6.07, 6.45) is 3.35. The van der Waals surface area contributed by atoms with Crippen molar-refractivity contribution in [3.8, 4) is 0 Å². The fourth-order valence-corrected chi connectivity index (χ4v) is 2.80. The number of rotatable bonds is 4. The molecule has 1 N–H and O–H groups in total. The lowest BCUT2D eigenvalue weighted by Crippen LogP contribution is -2.09. The smallest absolute Gasteiger partial charge is 0.265 e. The van der Waals surface area contributed by atoms with E-state index in [1.165, 1.54) is 23.5 Å². The molecule has 3 aromatic rings. The quantitative estimate of drug-likeness (QED) is 0.798. The largest absolute Gasteiger partial charge is 0.319 e. The lowest BCUT2D eigenvalue weighted by Gasteiger charge is -2.02. The summed E-state index contributed by atoms with van der Waals surface area (Å²) in [5.41, 5.74) is 1.58. The number of hydrogen-bond acceptors (Lipinski definition) is 3. The maximum atomic E-state index is 12.9. The van der Waals surface area contributed by atoms with Gasteiger partial charge in [-0.3, -0.25) is 9.48 Å². The van der Waals surface area contributed by atoms with Crippen LogP contribution in [0.1, 0.15) is 20.1 Å². The third kappa shape index (κ3) is 3.40. The molecular weight excluding hydrogens is 301 g/mol. The number of thiophene rings is 1. The van der Waals surface area contributed by atoms with Crippen LogP contribution in [-0.2, 0) is 6.54 Å². The number of carbonyl (C=O) groups excluding carboxylic acids is 1. The standard InChI is InChI=1S/C16H14FN3OS/c1-11-2-7-15(22-11)16(21)19-14-8-18-20(10-14)9-12-3-5-13(17)6-4-12/h2-8,10H,9H2,1H3,(H,19,21). The molecular formula is C16H14FN3OS. The number of anilines is 1. The van der Waals surface area contributed by atoms with E-state index in [4.69, 9.17) is 0 Å². The molecule has 2 aromatic heterocycles. The molecule has 0 saturated carbocycles. The maximum Gasteiger partial charge on any atom is 0.265 e. The normalized spacial score (nSPS) is 10.6. The highest BCUT2D eigenvalue weighted by Crippen LogP contribution is 2.17. The Hall–Kier alpha value is -2.47. The molecule has 0 aliphatic carbocycles. The molecule has 3 rings (SSSR count). The first-order valence-electron chi connectivity index (χ1n) is 6.75. The summed E-state index contributed by atoms with van der Waals surface area (Å²) in [5.74, 6) is -0.400. The summed E-state index contributed by atoms with van der Waals surface area (Å²) >= 11 is 1.45. The number of aryl methyl sites for hydroxylation is 1. The molecule has 2 heterocycles. The van der Waals surface area contributed by atoms with Crippen LogP contribution in [0.5, 0.6) is 0 Å². The molecule has 4 nitrogen and oxygen atoms in total. The fraction of sp³-hybridized carbons (Fsp3) is 0.125. The summed E-state index contributed by atoms with van der Waals surface area (Å²) < 4.78 is 14.6. The average molecular weight is 315 g/mol. The minimum atomic E-state index is -0.261. The molecule has 1 aromatic carbocycles. The minimum Gasteiger partial charge on any atom is -0.319 e. The van der Waals surface area contributed by atoms with Crippen LogP contribution in [0.15, 0.2) is 48.8 Å². The summed E-state index contributed by atoms with van der Waals surface area (Å²) in [4.78, 5) is 13.8. The van der Waals surface area contributed by atoms with Gasteiger partial charge in [0.1, 0.15) is 5.82 Å². The Balaban J connectivity index is 1.66.